The summed E-state index contributed by atoms with van der Waals surface area (Å²) in [7, 11) is 1.56. The van der Waals surface area contributed by atoms with Crippen molar-refractivity contribution in [3.8, 4) is 0 Å². The number of halogens is 3. The van der Waals surface area contributed by atoms with Gasteiger partial charge in [0.1, 0.15) is 0 Å². The molecule has 0 saturated carbocycles. The Morgan fingerprint density at radius 2 is 1.69 bits per heavy atom. The number of carbonyl (C=O) groups excluding carboxylic acids is 3. The smallest absolute Gasteiger partial charge is 0.340 e. The Labute approximate surface area is 223 Å². The summed E-state index contributed by atoms with van der Waals surface area (Å²) < 4.78 is 41.1. The second-order valence-electron chi connectivity index (χ2n) is 9.48. The van der Waals surface area contributed by atoms with E-state index in [1.807, 2.05) is 6.07 Å². The van der Waals surface area contributed by atoms with E-state index in [1.165, 1.54) is 29.9 Å². The molecule has 0 atom stereocenters. The van der Waals surface area contributed by atoms with Gasteiger partial charge in [0.2, 0.25) is 5.91 Å². The molecule has 1 saturated heterocycles. The molecule has 206 valence electrons. The van der Waals surface area contributed by atoms with Crippen molar-refractivity contribution < 1.29 is 27.6 Å². The number of nitrogens with one attached hydrogen (secondary N) is 2. The predicted octanol–water partition coefficient (Wildman–Crippen LogP) is 3.92. The number of hydrogen-bond donors (Lipinski definition) is 2. The van der Waals surface area contributed by atoms with E-state index >= 15 is 0 Å². The van der Waals surface area contributed by atoms with Crippen molar-refractivity contribution >= 4 is 29.1 Å². The first kappa shape index (κ1) is 27.8. The van der Waals surface area contributed by atoms with Crippen molar-refractivity contribution in [2.24, 2.45) is 7.05 Å². The highest BCUT2D eigenvalue weighted by atomic mass is 19.4. The molecule has 1 aromatic heterocycles. The summed E-state index contributed by atoms with van der Waals surface area (Å²) in [6.07, 6.45) is -3.12. The Kier molecular flexibility index (Phi) is 8.05. The van der Waals surface area contributed by atoms with Crippen LogP contribution >= 0.6 is 0 Å². The second-order valence-corrected chi connectivity index (χ2v) is 9.48. The first-order valence-electron chi connectivity index (χ1n) is 12.3. The molecule has 2 N–H and O–H groups in total. The van der Waals surface area contributed by atoms with Gasteiger partial charge in [0.05, 0.1) is 11.3 Å². The fourth-order valence-electron chi connectivity index (χ4n) is 4.43. The summed E-state index contributed by atoms with van der Waals surface area (Å²) in [5.74, 6) is -1.17. The fourth-order valence-corrected chi connectivity index (χ4v) is 4.43. The van der Waals surface area contributed by atoms with Crippen LogP contribution in [0.4, 0.5) is 24.5 Å². The summed E-state index contributed by atoms with van der Waals surface area (Å²) in [6.45, 7) is 6.28. The molecule has 1 aliphatic rings. The lowest BCUT2D eigenvalue weighted by Gasteiger charge is -2.34. The summed E-state index contributed by atoms with van der Waals surface area (Å²) >= 11 is 0. The zero-order valence-electron chi connectivity index (χ0n) is 21.8. The van der Waals surface area contributed by atoms with Gasteiger partial charge in [-0.05, 0) is 42.3 Å². The van der Waals surface area contributed by atoms with Crippen molar-refractivity contribution in [1.82, 2.24) is 19.6 Å². The third kappa shape index (κ3) is 6.82. The molecule has 0 aliphatic carbocycles. The van der Waals surface area contributed by atoms with Crippen LogP contribution in [0.2, 0.25) is 0 Å². The topological polar surface area (TPSA) is 99.6 Å². The van der Waals surface area contributed by atoms with Crippen LogP contribution in [0.5, 0.6) is 0 Å². The molecule has 0 spiro atoms. The van der Waals surface area contributed by atoms with E-state index in [0.717, 1.165) is 24.7 Å². The van der Waals surface area contributed by atoms with E-state index in [2.05, 4.69) is 20.6 Å². The molecule has 1 fully saturated rings. The highest BCUT2D eigenvalue weighted by molar-refractivity contribution is 6.11. The number of piperazine rings is 1. The van der Waals surface area contributed by atoms with Gasteiger partial charge in [-0.15, -0.1) is 0 Å². The molecular formula is C27H29F3N6O3. The molecule has 39 heavy (non-hydrogen) atoms. The number of rotatable bonds is 6. The molecule has 9 nitrogen and oxygen atoms in total. The lowest BCUT2D eigenvalue weighted by Crippen LogP contribution is -2.47. The average molecular weight is 543 g/mol. The molecule has 3 aromatic rings. The SMILES string of the molecule is CC(=O)N1CCN(Cc2cccc(C(=O)Nc3cn(C)nc3C(=O)Nc3ccc(C)c(C(F)(F)F)c3)c2)CC1. The maximum atomic E-state index is 13.3. The molecule has 2 aromatic carbocycles. The van der Waals surface area contributed by atoms with Crippen LogP contribution < -0.4 is 10.6 Å². The van der Waals surface area contributed by atoms with Gasteiger partial charge in [-0.3, -0.25) is 24.0 Å². The largest absolute Gasteiger partial charge is 0.416 e. The standard InChI is InChI=1S/C27H29F3N6O3/c1-17-7-8-21(14-22(17)27(28,29)30)31-26(39)24-23(16-34(3)33-24)32-25(38)20-6-4-5-19(13-20)15-35-9-11-36(12-10-35)18(2)37/h4-8,13-14,16H,9-12,15H2,1-3H3,(H,31,39)(H,32,38). The van der Waals surface area contributed by atoms with Crippen molar-refractivity contribution in [2.75, 3.05) is 36.8 Å². The third-order valence-electron chi connectivity index (χ3n) is 6.51. The number of hydrogen-bond acceptors (Lipinski definition) is 5. The number of aryl methyl sites for hydroxylation is 2. The van der Waals surface area contributed by atoms with Crippen molar-refractivity contribution in [2.45, 2.75) is 26.6 Å². The minimum absolute atomic E-state index is 0.0341. The van der Waals surface area contributed by atoms with E-state index < -0.39 is 23.6 Å². The molecule has 2 heterocycles. The second kappa shape index (κ2) is 11.3. The Hall–Kier alpha value is -4.19. The van der Waals surface area contributed by atoms with E-state index in [1.54, 1.807) is 37.1 Å². The van der Waals surface area contributed by atoms with E-state index in [9.17, 15) is 27.6 Å². The van der Waals surface area contributed by atoms with Gasteiger partial charge >= 0.3 is 6.18 Å². The zero-order chi connectivity index (χ0) is 28.3. The molecule has 3 amide bonds. The number of amides is 3. The van der Waals surface area contributed by atoms with Crippen LogP contribution in [0.3, 0.4) is 0 Å². The van der Waals surface area contributed by atoms with Crippen LogP contribution in [0, 0.1) is 6.92 Å². The molecule has 4 rings (SSSR count). The van der Waals surface area contributed by atoms with Crippen LogP contribution in [0.1, 0.15) is 44.5 Å². The van der Waals surface area contributed by atoms with Crippen LogP contribution in [-0.2, 0) is 24.6 Å². The highest BCUT2D eigenvalue weighted by Crippen LogP contribution is 2.33. The quantitative estimate of drug-likeness (QED) is 0.492. The normalized spacial score (nSPS) is 14.3. The van der Waals surface area contributed by atoms with E-state index in [-0.39, 0.29) is 28.5 Å². The summed E-state index contributed by atoms with van der Waals surface area (Å²) in [4.78, 5) is 41.5. The van der Waals surface area contributed by atoms with Gasteiger partial charge in [0.15, 0.2) is 5.69 Å². The van der Waals surface area contributed by atoms with Gasteiger partial charge in [-0.25, -0.2) is 0 Å². The van der Waals surface area contributed by atoms with Crippen LogP contribution in [0.15, 0.2) is 48.7 Å². The molecule has 0 radical (unpaired) electrons. The number of nitrogens with zero attached hydrogens (tertiary/aromatic N) is 4. The molecule has 12 heteroatoms. The summed E-state index contributed by atoms with van der Waals surface area (Å²) in [5, 5.41) is 9.21. The van der Waals surface area contributed by atoms with Gasteiger partial charge in [0.25, 0.3) is 11.8 Å². The van der Waals surface area contributed by atoms with Gasteiger partial charge in [-0.1, -0.05) is 18.2 Å². The first-order chi connectivity index (χ1) is 18.4. The van der Waals surface area contributed by atoms with Crippen molar-refractivity contribution in [1.29, 1.82) is 0 Å². The summed E-state index contributed by atoms with van der Waals surface area (Å²) in [5.41, 5.74) is 0.412. The lowest BCUT2D eigenvalue weighted by molar-refractivity contribution is -0.138. The number of anilines is 2. The fraction of sp³-hybridized carbons (Fsp3) is 0.333. The van der Waals surface area contributed by atoms with Crippen molar-refractivity contribution in [3.63, 3.8) is 0 Å². The Morgan fingerprint density at radius 3 is 2.36 bits per heavy atom. The molecular weight excluding hydrogens is 513 g/mol. The third-order valence-corrected chi connectivity index (χ3v) is 6.51. The molecule has 0 bridgehead atoms. The monoisotopic (exact) mass is 542 g/mol. The van der Waals surface area contributed by atoms with Crippen molar-refractivity contribution in [3.05, 3.63) is 76.6 Å². The Balaban J connectivity index is 1.44. The minimum atomic E-state index is -4.56. The van der Waals surface area contributed by atoms with Gasteiger partial charge in [-0.2, -0.15) is 18.3 Å². The summed E-state index contributed by atoms with van der Waals surface area (Å²) in [6, 6.07) is 10.6. The van der Waals surface area contributed by atoms with Gasteiger partial charge < -0.3 is 15.5 Å². The molecule has 1 aliphatic heterocycles. The lowest BCUT2D eigenvalue weighted by atomic mass is 10.1. The maximum Gasteiger partial charge on any atom is 0.416 e. The number of carbonyl (C=O) groups is 3. The minimum Gasteiger partial charge on any atom is -0.340 e. The van der Waals surface area contributed by atoms with Gasteiger partial charge in [0, 0.05) is 64.1 Å². The zero-order valence-corrected chi connectivity index (χ0v) is 21.8. The highest BCUT2D eigenvalue weighted by Gasteiger charge is 2.32. The predicted molar refractivity (Wildman–Crippen MR) is 139 cm³/mol. The molecule has 0 unspecified atom stereocenters. The van der Waals surface area contributed by atoms with Crippen LogP contribution in [0.25, 0.3) is 0 Å². The maximum absolute atomic E-state index is 13.3. The van der Waals surface area contributed by atoms with Crippen LogP contribution in [-0.4, -0.2) is 63.5 Å². The number of alkyl halides is 3. The van der Waals surface area contributed by atoms with E-state index in [4.69, 9.17) is 0 Å². The number of aromatic nitrogens is 2. The Morgan fingerprint density at radius 1 is 0.974 bits per heavy atom. The average Bonchev–Trinajstić information content (AvgIpc) is 3.25. The van der Waals surface area contributed by atoms with E-state index in [0.29, 0.717) is 25.2 Å². The first-order valence-corrected chi connectivity index (χ1v) is 12.3. The number of benzene rings is 2. The Bertz CT molecular complexity index is 1390.